The van der Waals surface area contributed by atoms with E-state index in [0.29, 0.717) is 19.4 Å². The monoisotopic (exact) mass is 302 g/mol. The van der Waals surface area contributed by atoms with Crippen molar-refractivity contribution in [1.82, 2.24) is 10.2 Å². The van der Waals surface area contributed by atoms with E-state index in [9.17, 15) is 19.5 Å². The molecule has 6 heteroatoms. The SMILES string of the molecule is CC(=O)N/C(=C\c1ccccc1)C(=O)N1CCC[C@H]1C(=O)O. The number of carboxylic acids is 1. The van der Waals surface area contributed by atoms with Crippen LogP contribution in [0.1, 0.15) is 25.3 Å². The molecular formula is C16H18N2O4. The number of aliphatic carboxylic acids is 1. The molecule has 0 bridgehead atoms. The van der Waals surface area contributed by atoms with Crippen molar-refractivity contribution in [2.75, 3.05) is 6.54 Å². The zero-order chi connectivity index (χ0) is 16.1. The van der Waals surface area contributed by atoms with Crippen LogP contribution in [0.25, 0.3) is 6.08 Å². The number of hydrogen-bond acceptors (Lipinski definition) is 3. The van der Waals surface area contributed by atoms with Crippen molar-refractivity contribution in [3.63, 3.8) is 0 Å². The third kappa shape index (κ3) is 3.72. The predicted molar refractivity (Wildman–Crippen MR) is 80.6 cm³/mol. The molecule has 1 aliphatic rings. The lowest BCUT2D eigenvalue weighted by Gasteiger charge is -2.23. The number of amides is 2. The van der Waals surface area contributed by atoms with Crippen LogP contribution in [0.5, 0.6) is 0 Å². The van der Waals surface area contributed by atoms with E-state index in [2.05, 4.69) is 5.32 Å². The lowest BCUT2D eigenvalue weighted by atomic mass is 10.1. The molecular weight excluding hydrogens is 284 g/mol. The topological polar surface area (TPSA) is 86.7 Å². The van der Waals surface area contributed by atoms with Crippen molar-refractivity contribution in [3.05, 3.63) is 41.6 Å². The van der Waals surface area contributed by atoms with Crippen LogP contribution in [0.15, 0.2) is 36.0 Å². The molecule has 1 atom stereocenters. The van der Waals surface area contributed by atoms with Gasteiger partial charge in [-0.2, -0.15) is 0 Å². The van der Waals surface area contributed by atoms with Gasteiger partial charge in [0.15, 0.2) is 0 Å². The molecule has 1 aromatic carbocycles. The van der Waals surface area contributed by atoms with Crippen LogP contribution in [0.3, 0.4) is 0 Å². The van der Waals surface area contributed by atoms with Gasteiger partial charge < -0.3 is 15.3 Å². The molecule has 6 nitrogen and oxygen atoms in total. The number of rotatable bonds is 4. The van der Waals surface area contributed by atoms with Crippen LogP contribution in [0.4, 0.5) is 0 Å². The molecule has 116 valence electrons. The van der Waals surface area contributed by atoms with Gasteiger partial charge in [-0.15, -0.1) is 0 Å². The third-order valence-electron chi connectivity index (χ3n) is 3.45. The number of carbonyl (C=O) groups is 3. The number of likely N-dealkylation sites (tertiary alicyclic amines) is 1. The molecule has 22 heavy (non-hydrogen) atoms. The standard InChI is InChI=1S/C16H18N2O4/c1-11(19)17-13(10-12-6-3-2-4-7-12)15(20)18-9-5-8-14(18)16(21)22/h2-4,6-7,10,14H,5,8-9H2,1H3,(H,17,19)(H,21,22)/b13-10-/t14-/m0/s1. The van der Waals surface area contributed by atoms with Gasteiger partial charge in [0.2, 0.25) is 5.91 Å². The normalized spacial score (nSPS) is 18.1. The van der Waals surface area contributed by atoms with Crippen molar-refractivity contribution >= 4 is 23.9 Å². The van der Waals surface area contributed by atoms with E-state index >= 15 is 0 Å². The number of hydrogen-bond donors (Lipinski definition) is 2. The van der Waals surface area contributed by atoms with E-state index in [1.54, 1.807) is 18.2 Å². The molecule has 0 spiro atoms. The Bertz CT molecular complexity index is 610. The maximum Gasteiger partial charge on any atom is 0.326 e. The minimum absolute atomic E-state index is 0.0897. The van der Waals surface area contributed by atoms with Gasteiger partial charge in [0.05, 0.1) is 0 Å². The fourth-order valence-corrected chi connectivity index (χ4v) is 2.48. The Morgan fingerprint density at radius 1 is 1.27 bits per heavy atom. The van der Waals surface area contributed by atoms with Crippen molar-refractivity contribution in [2.45, 2.75) is 25.8 Å². The Morgan fingerprint density at radius 2 is 1.95 bits per heavy atom. The molecule has 2 N–H and O–H groups in total. The molecule has 2 rings (SSSR count). The number of nitrogens with one attached hydrogen (secondary N) is 1. The summed E-state index contributed by atoms with van der Waals surface area (Å²) in [6, 6.07) is 8.25. The van der Waals surface area contributed by atoms with Crippen LogP contribution in [0, 0.1) is 0 Å². The predicted octanol–water partition coefficient (Wildman–Crippen LogP) is 1.24. The first kappa shape index (κ1) is 15.8. The van der Waals surface area contributed by atoms with E-state index < -0.39 is 17.9 Å². The Morgan fingerprint density at radius 3 is 2.55 bits per heavy atom. The molecule has 2 amide bonds. The fraction of sp³-hybridized carbons (Fsp3) is 0.312. The van der Waals surface area contributed by atoms with E-state index in [1.807, 2.05) is 18.2 Å². The Hall–Kier alpha value is -2.63. The molecule has 0 aliphatic carbocycles. The van der Waals surface area contributed by atoms with Gasteiger partial charge in [0.1, 0.15) is 11.7 Å². The molecule has 0 saturated carbocycles. The summed E-state index contributed by atoms with van der Waals surface area (Å²) in [6.45, 7) is 1.69. The number of benzene rings is 1. The summed E-state index contributed by atoms with van der Waals surface area (Å²) in [4.78, 5) is 36.4. The molecule has 1 aromatic rings. The number of carboxylic acid groups (broad SMARTS) is 1. The average Bonchev–Trinajstić information content (AvgIpc) is 2.96. The highest BCUT2D eigenvalue weighted by atomic mass is 16.4. The first-order valence-electron chi connectivity index (χ1n) is 7.07. The zero-order valence-corrected chi connectivity index (χ0v) is 12.3. The van der Waals surface area contributed by atoms with Gasteiger partial charge in [-0.25, -0.2) is 4.79 Å². The van der Waals surface area contributed by atoms with Gasteiger partial charge in [-0.3, -0.25) is 9.59 Å². The lowest BCUT2D eigenvalue weighted by Crippen LogP contribution is -2.44. The highest BCUT2D eigenvalue weighted by Crippen LogP contribution is 2.20. The fourth-order valence-electron chi connectivity index (χ4n) is 2.48. The maximum atomic E-state index is 12.6. The summed E-state index contributed by atoms with van der Waals surface area (Å²) in [5.41, 5.74) is 0.845. The second-order valence-electron chi connectivity index (χ2n) is 5.14. The highest BCUT2D eigenvalue weighted by Gasteiger charge is 2.35. The highest BCUT2D eigenvalue weighted by molar-refractivity contribution is 6.02. The third-order valence-corrected chi connectivity index (χ3v) is 3.45. The first-order chi connectivity index (χ1) is 10.5. The van der Waals surface area contributed by atoms with E-state index in [0.717, 1.165) is 5.56 Å². The van der Waals surface area contributed by atoms with E-state index in [4.69, 9.17) is 0 Å². The molecule has 0 aromatic heterocycles. The molecule has 1 saturated heterocycles. The summed E-state index contributed by atoms with van der Waals surface area (Å²) in [6.07, 6.45) is 2.63. The van der Waals surface area contributed by atoms with Gasteiger partial charge >= 0.3 is 5.97 Å². The summed E-state index contributed by atoms with van der Waals surface area (Å²) in [5.74, 6) is -1.86. The van der Waals surface area contributed by atoms with Crippen molar-refractivity contribution < 1.29 is 19.5 Å². The summed E-state index contributed by atoms with van der Waals surface area (Å²) in [7, 11) is 0. The van der Waals surface area contributed by atoms with Crippen molar-refractivity contribution in [3.8, 4) is 0 Å². The van der Waals surface area contributed by atoms with Gasteiger partial charge in [-0.05, 0) is 24.5 Å². The van der Waals surface area contributed by atoms with Crippen LogP contribution in [-0.4, -0.2) is 40.4 Å². The first-order valence-corrected chi connectivity index (χ1v) is 7.07. The quantitative estimate of drug-likeness (QED) is 0.819. The van der Waals surface area contributed by atoms with Crippen molar-refractivity contribution in [1.29, 1.82) is 0 Å². The van der Waals surface area contributed by atoms with Gasteiger partial charge in [0.25, 0.3) is 5.91 Å². The minimum Gasteiger partial charge on any atom is -0.480 e. The molecule has 1 aliphatic heterocycles. The van der Waals surface area contributed by atoms with E-state index in [-0.39, 0.29) is 11.6 Å². The van der Waals surface area contributed by atoms with Crippen molar-refractivity contribution in [2.24, 2.45) is 0 Å². The Labute approximate surface area is 128 Å². The van der Waals surface area contributed by atoms with Crippen LogP contribution < -0.4 is 5.32 Å². The molecule has 1 fully saturated rings. The Balaban J connectivity index is 2.29. The summed E-state index contributed by atoms with van der Waals surface area (Å²) < 4.78 is 0. The van der Waals surface area contributed by atoms with Crippen LogP contribution >= 0.6 is 0 Å². The minimum atomic E-state index is -1.02. The van der Waals surface area contributed by atoms with Crippen LogP contribution in [-0.2, 0) is 14.4 Å². The summed E-state index contributed by atoms with van der Waals surface area (Å²) >= 11 is 0. The number of nitrogens with zero attached hydrogens (tertiary/aromatic N) is 1. The second kappa shape index (κ2) is 6.89. The van der Waals surface area contributed by atoms with Crippen LogP contribution in [0.2, 0.25) is 0 Å². The van der Waals surface area contributed by atoms with Gasteiger partial charge in [-0.1, -0.05) is 30.3 Å². The smallest absolute Gasteiger partial charge is 0.326 e. The summed E-state index contributed by atoms with van der Waals surface area (Å²) in [5, 5.41) is 11.7. The lowest BCUT2D eigenvalue weighted by molar-refractivity contribution is -0.147. The second-order valence-corrected chi connectivity index (χ2v) is 5.14. The van der Waals surface area contributed by atoms with E-state index in [1.165, 1.54) is 11.8 Å². The average molecular weight is 302 g/mol. The molecule has 0 radical (unpaired) electrons. The van der Waals surface area contributed by atoms with Gasteiger partial charge in [0, 0.05) is 13.5 Å². The molecule has 0 unspecified atom stereocenters. The Kier molecular flexibility index (Phi) is 4.93. The number of carbonyl (C=O) groups excluding carboxylic acids is 2. The molecule has 1 heterocycles. The maximum absolute atomic E-state index is 12.6. The zero-order valence-electron chi connectivity index (χ0n) is 12.3. The largest absolute Gasteiger partial charge is 0.480 e.